The van der Waals surface area contributed by atoms with Gasteiger partial charge in [0.15, 0.2) is 0 Å². The fraction of sp³-hybridized carbons (Fsp3) is 1.00. The summed E-state index contributed by atoms with van der Waals surface area (Å²) in [4.78, 5) is 10.0. The van der Waals surface area contributed by atoms with Crippen LogP contribution in [0.4, 0.5) is 0 Å². The summed E-state index contributed by atoms with van der Waals surface area (Å²) in [6.45, 7) is 0. The van der Waals surface area contributed by atoms with Crippen molar-refractivity contribution in [3.05, 3.63) is 10.1 Å². The second kappa shape index (κ2) is 2.46. The Kier molecular flexibility index (Phi) is 2.00. The molecule has 0 saturated carbocycles. The van der Waals surface area contributed by atoms with Crippen LogP contribution in [0.5, 0.6) is 0 Å². The van der Waals surface area contributed by atoms with Crippen molar-refractivity contribution in [3.63, 3.8) is 0 Å². The number of nitro groups is 1. The molecule has 1 heterocycles. The Balaban J connectivity index is 2.61. The van der Waals surface area contributed by atoms with Crippen LogP contribution in [-0.4, -0.2) is 20.9 Å². The van der Waals surface area contributed by atoms with Crippen molar-refractivity contribution in [1.29, 1.82) is 0 Å². The van der Waals surface area contributed by atoms with Gasteiger partial charge in [0.2, 0.25) is 0 Å². The maximum Gasteiger partial charge on any atom is 0.284 e. The second-order valence-corrected chi connectivity index (χ2v) is 4.56. The number of hydrogen-bond donors (Lipinski definition) is 0. The molecule has 0 radical (unpaired) electrons. The third-order valence-electron chi connectivity index (χ3n) is 1.28. The minimum absolute atomic E-state index is 0.243. The van der Waals surface area contributed by atoms with E-state index in [0.29, 0.717) is 12.2 Å². The van der Waals surface area contributed by atoms with Gasteiger partial charge in [-0.25, -0.2) is 0 Å². The summed E-state index contributed by atoms with van der Waals surface area (Å²) in [7, 11) is 0. The van der Waals surface area contributed by atoms with Gasteiger partial charge in [-0.15, -0.1) is 0 Å². The molecular weight excluding hydrogens is 206 g/mol. The van der Waals surface area contributed by atoms with Crippen molar-refractivity contribution in [2.45, 2.75) is 10.9 Å². The Hall–Kier alpha value is 0.230. The molecule has 3 nitrogen and oxygen atoms in total. The van der Waals surface area contributed by atoms with Gasteiger partial charge in [-0.2, -0.15) is 11.8 Å². The van der Waals surface area contributed by atoms with E-state index in [-0.39, 0.29) is 4.92 Å². The van der Waals surface area contributed by atoms with Crippen LogP contribution in [0.1, 0.15) is 6.42 Å². The van der Waals surface area contributed by atoms with Crippen LogP contribution >= 0.6 is 27.7 Å². The summed E-state index contributed by atoms with van der Waals surface area (Å²) in [5.41, 5.74) is 0. The molecule has 0 bridgehead atoms. The molecule has 0 aromatic carbocycles. The van der Waals surface area contributed by atoms with Crippen LogP contribution in [0.2, 0.25) is 0 Å². The van der Waals surface area contributed by atoms with Crippen molar-refractivity contribution in [3.8, 4) is 0 Å². The van der Waals surface area contributed by atoms with E-state index in [1.807, 2.05) is 0 Å². The summed E-state index contributed by atoms with van der Waals surface area (Å²) >= 11 is 4.71. The largest absolute Gasteiger partial charge is 0.284 e. The van der Waals surface area contributed by atoms with Gasteiger partial charge in [0.25, 0.3) is 4.45 Å². The summed E-state index contributed by atoms with van der Waals surface area (Å²) in [6.07, 6.45) is 0.644. The number of halogens is 1. The lowest BCUT2D eigenvalue weighted by Gasteiger charge is -2.08. The van der Waals surface area contributed by atoms with Crippen LogP contribution in [-0.2, 0) is 0 Å². The molecule has 1 fully saturated rings. The van der Waals surface area contributed by atoms with Crippen molar-refractivity contribution >= 4 is 27.7 Å². The highest BCUT2D eigenvalue weighted by molar-refractivity contribution is 9.10. The third-order valence-corrected chi connectivity index (χ3v) is 3.79. The molecule has 0 N–H and O–H groups in total. The van der Waals surface area contributed by atoms with Crippen LogP contribution in [0, 0.1) is 10.1 Å². The normalized spacial score (nSPS) is 34.8. The fourth-order valence-corrected chi connectivity index (χ4v) is 2.81. The molecule has 9 heavy (non-hydrogen) atoms. The van der Waals surface area contributed by atoms with E-state index >= 15 is 0 Å². The first-order valence-corrected chi connectivity index (χ1v) is 4.51. The summed E-state index contributed by atoms with van der Waals surface area (Å²) < 4.78 is -0.808. The van der Waals surface area contributed by atoms with Gasteiger partial charge in [0.1, 0.15) is 0 Å². The molecule has 1 rings (SSSR count). The highest BCUT2D eigenvalue weighted by atomic mass is 79.9. The predicted octanol–water partition coefficient (Wildman–Crippen LogP) is 1.49. The molecule has 0 aromatic heterocycles. The zero-order valence-corrected chi connectivity index (χ0v) is 7.07. The van der Waals surface area contributed by atoms with Gasteiger partial charge in [0.05, 0.1) is 5.75 Å². The summed E-state index contributed by atoms with van der Waals surface area (Å²) in [5.74, 6) is 1.49. The van der Waals surface area contributed by atoms with E-state index in [0.717, 1.165) is 5.75 Å². The first kappa shape index (κ1) is 7.34. The van der Waals surface area contributed by atoms with E-state index < -0.39 is 4.45 Å². The molecule has 0 amide bonds. The number of thioether (sulfide) groups is 1. The molecule has 0 aromatic rings. The minimum atomic E-state index is -0.808. The average Bonchev–Trinajstić information content (AvgIpc) is 2.16. The SMILES string of the molecule is O=[N+]([O-])C1(Br)CCSC1. The van der Waals surface area contributed by atoms with Gasteiger partial charge in [-0.05, 0) is 0 Å². The van der Waals surface area contributed by atoms with Crippen molar-refractivity contribution in [1.82, 2.24) is 0 Å². The minimum Gasteiger partial charge on any atom is -0.263 e. The zero-order chi connectivity index (χ0) is 6.91. The van der Waals surface area contributed by atoms with Crippen molar-refractivity contribution in [2.75, 3.05) is 11.5 Å². The number of hydrogen-bond acceptors (Lipinski definition) is 3. The van der Waals surface area contributed by atoms with Crippen LogP contribution in [0.3, 0.4) is 0 Å². The Bertz CT molecular complexity index is 135. The lowest BCUT2D eigenvalue weighted by molar-refractivity contribution is -0.528. The van der Waals surface area contributed by atoms with Gasteiger partial charge in [-0.3, -0.25) is 10.1 Å². The first-order chi connectivity index (χ1) is 4.15. The number of rotatable bonds is 1. The monoisotopic (exact) mass is 211 g/mol. The average molecular weight is 212 g/mol. The van der Waals surface area contributed by atoms with Crippen LogP contribution < -0.4 is 0 Å². The van der Waals surface area contributed by atoms with E-state index in [2.05, 4.69) is 15.9 Å². The molecule has 1 aliphatic heterocycles. The van der Waals surface area contributed by atoms with Gasteiger partial charge < -0.3 is 0 Å². The van der Waals surface area contributed by atoms with E-state index in [4.69, 9.17) is 0 Å². The number of nitrogens with zero attached hydrogens (tertiary/aromatic N) is 1. The Morgan fingerprint density at radius 1 is 1.78 bits per heavy atom. The lowest BCUT2D eigenvalue weighted by atomic mass is 10.3. The Morgan fingerprint density at radius 2 is 2.44 bits per heavy atom. The number of alkyl halides is 1. The molecule has 1 unspecified atom stereocenters. The second-order valence-electron chi connectivity index (χ2n) is 1.98. The van der Waals surface area contributed by atoms with Crippen molar-refractivity contribution in [2.24, 2.45) is 0 Å². The van der Waals surface area contributed by atoms with E-state index in [9.17, 15) is 10.1 Å². The molecular formula is C4H6BrNO2S. The molecule has 52 valence electrons. The molecule has 0 aliphatic carbocycles. The fourth-order valence-electron chi connectivity index (χ4n) is 0.673. The Morgan fingerprint density at radius 3 is 2.67 bits per heavy atom. The highest BCUT2D eigenvalue weighted by Crippen LogP contribution is 2.35. The zero-order valence-electron chi connectivity index (χ0n) is 4.67. The van der Waals surface area contributed by atoms with Crippen LogP contribution in [0.25, 0.3) is 0 Å². The predicted molar refractivity (Wildman–Crippen MR) is 40.6 cm³/mol. The first-order valence-electron chi connectivity index (χ1n) is 2.56. The molecule has 5 heteroatoms. The lowest BCUT2D eigenvalue weighted by Crippen LogP contribution is -2.30. The van der Waals surface area contributed by atoms with E-state index in [1.165, 1.54) is 0 Å². The smallest absolute Gasteiger partial charge is 0.263 e. The summed E-state index contributed by atoms with van der Waals surface area (Å²) in [6, 6.07) is 0. The Labute approximate surface area is 65.5 Å². The van der Waals surface area contributed by atoms with E-state index in [1.54, 1.807) is 11.8 Å². The standard InChI is InChI=1S/C4H6BrNO2S/c5-4(6(7)8)1-2-9-3-4/h1-3H2. The summed E-state index contributed by atoms with van der Waals surface area (Å²) in [5, 5.41) is 10.3. The molecule has 1 aliphatic rings. The van der Waals surface area contributed by atoms with Gasteiger partial charge in [0, 0.05) is 33.0 Å². The third kappa shape index (κ3) is 1.38. The van der Waals surface area contributed by atoms with Gasteiger partial charge in [-0.1, -0.05) is 0 Å². The highest BCUT2D eigenvalue weighted by Gasteiger charge is 2.43. The molecule has 1 saturated heterocycles. The molecule has 1 atom stereocenters. The quantitative estimate of drug-likeness (QED) is 0.286. The van der Waals surface area contributed by atoms with Gasteiger partial charge >= 0.3 is 0 Å². The van der Waals surface area contributed by atoms with Crippen LogP contribution in [0.15, 0.2) is 0 Å². The van der Waals surface area contributed by atoms with Crippen molar-refractivity contribution < 1.29 is 4.92 Å². The maximum atomic E-state index is 10.3. The topological polar surface area (TPSA) is 43.1 Å². The molecule has 0 spiro atoms. The maximum absolute atomic E-state index is 10.3.